The minimum Gasteiger partial charge on any atom is -0.324 e. The molecule has 0 bridgehead atoms. The van der Waals surface area contributed by atoms with Crippen molar-refractivity contribution in [3.8, 4) is 0 Å². The van der Waals surface area contributed by atoms with Crippen molar-refractivity contribution in [2.24, 2.45) is 0 Å². The predicted molar refractivity (Wildman–Crippen MR) is 604 cm³/mol. The van der Waals surface area contributed by atoms with E-state index >= 15 is 0 Å². The average molecular weight is 2220 g/mol. The molecule has 0 aliphatic carbocycles. The van der Waals surface area contributed by atoms with Crippen molar-refractivity contribution in [2.45, 2.75) is 474 Å². The van der Waals surface area contributed by atoms with Crippen LogP contribution in [-0.2, 0) is 169 Å². The van der Waals surface area contributed by atoms with E-state index in [1.54, 1.807) is 0 Å². The molecule has 24 nitrogen and oxygen atoms in total. The summed E-state index contributed by atoms with van der Waals surface area (Å²) in [5, 5.41) is 22.8. The van der Waals surface area contributed by atoms with E-state index in [9.17, 15) is 0 Å². The van der Waals surface area contributed by atoms with Crippen molar-refractivity contribution in [1.29, 1.82) is 0 Å². The standard InChI is InChI=1S/3C26H60N6O2P4S4/c3*1-21(2,3)27-35(39)29(23(7,8)9)37(41,30(35)24(10,11)12)33-19-20-34-38(42)31(25(13,14)15)36(40,28-22(4,5)6)32(38)26(16,17)18/h3*19-20H2,1-18H3,(H,27,39)(H,28,40). The second-order valence-corrected chi connectivity index (χ2v) is 98.3. The van der Waals surface area contributed by atoms with Crippen LogP contribution in [0.3, 0.4) is 0 Å². The highest BCUT2D eigenvalue weighted by molar-refractivity contribution is 8.31. The van der Waals surface area contributed by atoms with Crippen LogP contribution in [0.25, 0.3) is 0 Å². The molecular weight excluding hydrogens is 2040 g/mol. The van der Waals surface area contributed by atoms with Crippen molar-refractivity contribution in [1.82, 2.24) is 83.8 Å². The maximum absolute atomic E-state index is 6.77. The molecule has 0 aromatic rings. The molecule has 0 spiro atoms. The summed E-state index contributed by atoms with van der Waals surface area (Å²) < 4.78 is 68.3. The molecule has 0 unspecified atom stereocenters. The van der Waals surface area contributed by atoms with Crippen LogP contribution in [0.15, 0.2) is 0 Å². The lowest BCUT2D eigenvalue weighted by Gasteiger charge is -2.69. The van der Waals surface area contributed by atoms with Crippen LogP contribution < -0.4 is 30.5 Å². The molecule has 0 aromatic heterocycles. The first-order valence-corrected chi connectivity index (χ1v) is 75.8. The summed E-state index contributed by atoms with van der Waals surface area (Å²) in [5.74, 6) is 0. The fourth-order valence-corrected chi connectivity index (χ4v) is 119. The van der Waals surface area contributed by atoms with Gasteiger partial charge in [0.1, 0.15) is 0 Å². The molecule has 0 atom stereocenters. The molecule has 750 valence electrons. The van der Waals surface area contributed by atoms with Gasteiger partial charge in [0.2, 0.25) is 39.4 Å². The number of nitrogens with zero attached hydrogens (tertiary/aromatic N) is 12. The summed E-state index contributed by atoms with van der Waals surface area (Å²) in [6.45, 7) is 88.8. The van der Waals surface area contributed by atoms with Crippen LogP contribution in [0.4, 0.5) is 0 Å². The number of hydrogen-bond acceptors (Lipinski definition) is 18. The van der Waals surface area contributed by atoms with E-state index < -0.39 is 78.3 Å². The molecule has 0 radical (unpaired) electrons. The molecule has 6 rings (SSSR count). The molecular formula is C78H180N18O6P12S12. The summed E-state index contributed by atoms with van der Waals surface area (Å²) in [7, 11) is 0. The second kappa shape index (κ2) is 38.9. The van der Waals surface area contributed by atoms with Crippen molar-refractivity contribution < 1.29 is 27.1 Å². The molecule has 6 heterocycles. The van der Waals surface area contributed by atoms with Gasteiger partial charge in [0.15, 0.2) is 38.9 Å². The van der Waals surface area contributed by atoms with E-state index in [1.165, 1.54) is 0 Å². The summed E-state index contributed by atoms with van der Waals surface area (Å²) >= 11 is 77.7. The van der Waals surface area contributed by atoms with Gasteiger partial charge in [-0.15, -0.1) is 0 Å². The molecule has 6 saturated heterocycles. The molecule has 6 aliphatic rings. The monoisotopic (exact) mass is 2220 g/mol. The van der Waals surface area contributed by atoms with Crippen LogP contribution in [0.1, 0.15) is 374 Å². The number of hydrogen-bond donors (Lipinski definition) is 6. The highest BCUT2D eigenvalue weighted by Gasteiger charge is 2.73. The van der Waals surface area contributed by atoms with Gasteiger partial charge >= 0.3 is 0 Å². The van der Waals surface area contributed by atoms with Crippen LogP contribution in [-0.4, -0.2) is 193 Å². The zero-order chi connectivity index (χ0) is 101. The third kappa shape index (κ3) is 27.0. The largest absolute Gasteiger partial charge is 0.324 e. The molecule has 6 N–H and O–H groups in total. The fourth-order valence-electron chi connectivity index (χ4n) is 16.8. The molecule has 6 aliphatic heterocycles. The Morgan fingerprint density at radius 1 is 0.143 bits per heavy atom. The predicted octanol–water partition coefficient (Wildman–Crippen LogP) is 27.4. The van der Waals surface area contributed by atoms with Crippen molar-refractivity contribution >= 4 is 220 Å². The average Bonchev–Trinajstić information content (AvgIpc) is 0.697. The summed E-state index contributed by atoms with van der Waals surface area (Å²) in [6, 6.07) is 0. The highest BCUT2D eigenvalue weighted by atomic mass is 32.5. The lowest BCUT2D eigenvalue weighted by atomic mass is 10.1. The van der Waals surface area contributed by atoms with Gasteiger partial charge in [-0.1, -0.05) is 0 Å². The zero-order valence-corrected chi connectivity index (χ0v) is 109. The van der Waals surface area contributed by atoms with E-state index in [4.69, 9.17) is 169 Å². The van der Waals surface area contributed by atoms with Gasteiger partial charge in [0, 0.05) is 99.7 Å². The maximum atomic E-state index is 6.77. The first-order valence-electron chi connectivity index (χ1n) is 43.8. The van der Waals surface area contributed by atoms with E-state index in [0.29, 0.717) is 39.6 Å². The summed E-state index contributed by atoms with van der Waals surface area (Å²) in [5.41, 5.74) is -4.36. The Kier molecular flexibility index (Phi) is 38.6. The van der Waals surface area contributed by atoms with Gasteiger partial charge in [0.25, 0.3) is 0 Å². The quantitative estimate of drug-likeness (QED) is 0.0474. The van der Waals surface area contributed by atoms with Gasteiger partial charge in [0.05, 0.1) is 39.6 Å². The normalized spacial score (nSPS) is 33.5. The van der Waals surface area contributed by atoms with Crippen molar-refractivity contribution in [3.63, 3.8) is 0 Å². The van der Waals surface area contributed by atoms with Crippen LogP contribution >= 0.6 is 78.3 Å². The molecule has 0 saturated carbocycles. The van der Waals surface area contributed by atoms with Crippen LogP contribution in [0.5, 0.6) is 0 Å². The smallest absolute Gasteiger partial charge is 0.216 e. The zero-order valence-electron chi connectivity index (χ0n) is 88.3. The van der Waals surface area contributed by atoms with E-state index in [-0.39, 0.29) is 99.7 Å². The Morgan fingerprint density at radius 3 is 0.254 bits per heavy atom. The molecule has 6 fully saturated rings. The summed E-state index contributed by atoms with van der Waals surface area (Å²) in [4.78, 5) is 0. The van der Waals surface area contributed by atoms with Crippen molar-refractivity contribution in [3.05, 3.63) is 0 Å². The Bertz CT molecular complexity index is 3650. The number of rotatable bonds is 21. The minimum absolute atomic E-state index is 0.177. The maximum Gasteiger partial charge on any atom is 0.216 e. The first kappa shape index (κ1) is 125. The topological polar surface area (TPSA) is 166 Å². The molecule has 0 aromatic carbocycles. The third-order valence-electron chi connectivity index (χ3n) is 17.8. The Hall–Kier alpha value is 6.84. The SMILES string of the molecule is CC(C)(C)NP1(=S)N(C(C)(C)C)P(=S)(OCCOP2(=S)N(C(C)(C)C)P(=S)(NC(C)(C)C)N2C(C)(C)C)N1C(C)(C)C.CC(C)(C)NP1(=S)N(C(C)(C)C)P(=S)(OCCOP2(=S)N(C(C)(C)C)P(=S)(NC(C)(C)C)N2C(C)(C)C)N1C(C)(C)C.CC(C)(C)NP1(=S)N(C(C)(C)C)P(=S)(OCCOP2(=S)N(C(C)(C)C)P(=S)(NC(C)(C)C)N2C(C)(C)C)N1C(C)(C)C. The van der Waals surface area contributed by atoms with Gasteiger partial charge in [-0.2, -0.15) is 53.3 Å². The van der Waals surface area contributed by atoms with E-state index in [2.05, 4.69) is 458 Å². The lowest BCUT2D eigenvalue weighted by molar-refractivity contribution is 0.153. The highest BCUT2D eigenvalue weighted by Crippen LogP contribution is 2.95. The van der Waals surface area contributed by atoms with Gasteiger partial charge < -0.3 is 27.1 Å². The fraction of sp³-hybridized carbons (Fsp3) is 1.00. The Morgan fingerprint density at radius 2 is 0.206 bits per heavy atom. The van der Waals surface area contributed by atoms with Gasteiger partial charge in [-0.3, -0.25) is 30.5 Å². The second-order valence-electron chi connectivity index (χ2n) is 51.9. The van der Waals surface area contributed by atoms with Crippen molar-refractivity contribution in [2.75, 3.05) is 39.6 Å². The lowest BCUT2D eigenvalue weighted by Crippen LogP contribution is -2.62. The van der Waals surface area contributed by atoms with E-state index in [0.717, 1.165) is 0 Å². The van der Waals surface area contributed by atoms with Gasteiger partial charge in [-0.25, -0.2) is 0 Å². The van der Waals surface area contributed by atoms with Crippen LogP contribution in [0.2, 0.25) is 0 Å². The van der Waals surface area contributed by atoms with E-state index in [1.807, 2.05) is 0 Å². The molecule has 48 heteroatoms. The summed E-state index contributed by atoms with van der Waals surface area (Å²) in [6.07, 6.45) is 0. The first-order chi connectivity index (χ1) is 54.3. The molecule has 0 amide bonds. The number of nitrogens with one attached hydrogen (secondary N) is 6. The minimum atomic E-state index is -2.66. The van der Waals surface area contributed by atoms with Gasteiger partial charge in [-0.05, 0) is 516 Å². The Labute approximate surface area is 836 Å². The Balaban J connectivity index is 0.000000396. The third-order valence-corrected chi connectivity index (χ3v) is 95.1. The van der Waals surface area contributed by atoms with Crippen LogP contribution in [0, 0.1) is 0 Å². The molecule has 126 heavy (non-hydrogen) atoms.